The maximum absolute atomic E-state index is 13.7. The van der Waals surface area contributed by atoms with E-state index in [0.717, 1.165) is 4.57 Å². The van der Waals surface area contributed by atoms with Gasteiger partial charge in [-0.1, -0.05) is 23.7 Å². The molecular weight excluding hydrogens is 472 g/mol. The molecule has 9 nitrogen and oxygen atoms in total. The molecule has 1 N–H and O–H groups in total. The highest BCUT2D eigenvalue weighted by Gasteiger charge is 2.21. The average molecular weight is 495 g/mol. The largest absolute Gasteiger partial charge is 0.495 e. The van der Waals surface area contributed by atoms with E-state index in [9.17, 15) is 14.4 Å². The van der Waals surface area contributed by atoms with Gasteiger partial charge in [-0.25, -0.2) is 18.9 Å². The molecule has 0 spiro atoms. The van der Waals surface area contributed by atoms with Crippen LogP contribution in [0.25, 0.3) is 16.7 Å². The molecule has 0 saturated heterocycles. The van der Waals surface area contributed by atoms with E-state index in [1.165, 1.54) is 24.9 Å². The van der Waals surface area contributed by atoms with Crippen LogP contribution in [0.1, 0.15) is 11.3 Å². The molecule has 0 bridgehead atoms. The first kappa shape index (κ1) is 24.0. The van der Waals surface area contributed by atoms with Crippen molar-refractivity contribution in [1.29, 1.82) is 0 Å². The molecule has 1 amide bonds. The number of amides is 1. The molecule has 0 aliphatic rings. The molecule has 0 aliphatic carbocycles. The fraction of sp³-hybridized carbons (Fsp3) is 0.200. The van der Waals surface area contributed by atoms with Gasteiger partial charge < -0.3 is 14.8 Å². The van der Waals surface area contributed by atoms with Gasteiger partial charge in [0.25, 0.3) is 5.56 Å². The Balaban J connectivity index is 1.91. The number of anilines is 1. The molecule has 180 valence electrons. The number of pyridine rings is 1. The van der Waals surface area contributed by atoms with E-state index in [2.05, 4.69) is 10.3 Å². The monoisotopic (exact) mass is 494 g/mol. The molecule has 0 unspecified atom stereocenters. The van der Waals surface area contributed by atoms with Crippen LogP contribution in [0.2, 0.25) is 5.02 Å². The maximum atomic E-state index is 13.7. The van der Waals surface area contributed by atoms with Crippen molar-refractivity contribution in [3.05, 3.63) is 85.6 Å². The average Bonchev–Trinajstić information content (AvgIpc) is 2.82. The zero-order valence-corrected chi connectivity index (χ0v) is 20.3. The Labute approximate surface area is 205 Å². The van der Waals surface area contributed by atoms with Crippen LogP contribution in [0, 0.1) is 13.8 Å². The van der Waals surface area contributed by atoms with Crippen molar-refractivity contribution in [2.75, 3.05) is 19.5 Å². The van der Waals surface area contributed by atoms with E-state index >= 15 is 0 Å². The van der Waals surface area contributed by atoms with E-state index < -0.39 is 23.7 Å². The summed E-state index contributed by atoms with van der Waals surface area (Å²) >= 11 is 6.05. The highest BCUT2D eigenvalue weighted by molar-refractivity contribution is 6.31. The number of hydrogen-bond acceptors (Lipinski definition) is 6. The van der Waals surface area contributed by atoms with Crippen LogP contribution < -0.4 is 26.0 Å². The second kappa shape index (κ2) is 9.63. The minimum atomic E-state index is -0.724. The lowest BCUT2D eigenvalue weighted by Crippen LogP contribution is -2.42. The van der Waals surface area contributed by atoms with Crippen LogP contribution in [0.3, 0.4) is 0 Å². The van der Waals surface area contributed by atoms with Gasteiger partial charge in [0.1, 0.15) is 18.0 Å². The Morgan fingerprint density at radius 2 is 1.74 bits per heavy atom. The summed E-state index contributed by atoms with van der Waals surface area (Å²) in [5, 5.41) is 3.28. The predicted molar refractivity (Wildman–Crippen MR) is 134 cm³/mol. The summed E-state index contributed by atoms with van der Waals surface area (Å²) in [6.45, 7) is 3.00. The molecule has 10 heteroatoms. The number of nitrogens with zero attached hydrogens (tertiary/aromatic N) is 3. The van der Waals surface area contributed by atoms with Crippen molar-refractivity contribution in [3.8, 4) is 17.2 Å². The van der Waals surface area contributed by atoms with Gasteiger partial charge in [0, 0.05) is 10.7 Å². The first-order valence-corrected chi connectivity index (χ1v) is 11.0. The number of aryl methyl sites for hydroxylation is 2. The smallest absolute Gasteiger partial charge is 0.337 e. The van der Waals surface area contributed by atoms with Gasteiger partial charge in [-0.15, -0.1) is 0 Å². The first-order chi connectivity index (χ1) is 16.7. The number of fused-ring (bicyclic) bond motifs is 1. The van der Waals surface area contributed by atoms with E-state index in [-0.39, 0.29) is 11.0 Å². The predicted octanol–water partition coefficient (Wildman–Crippen LogP) is 3.47. The van der Waals surface area contributed by atoms with Gasteiger partial charge in [-0.05, 0) is 55.8 Å². The van der Waals surface area contributed by atoms with Gasteiger partial charge >= 0.3 is 5.69 Å². The van der Waals surface area contributed by atoms with E-state index in [1.807, 2.05) is 0 Å². The number of para-hydroxylation sites is 2. The van der Waals surface area contributed by atoms with Crippen molar-refractivity contribution >= 4 is 34.2 Å². The summed E-state index contributed by atoms with van der Waals surface area (Å²) in [7, 11) is 2.94. The van der Waals surface area contributed by atoms with Crippen LogP contribution in [-0.2, 0) is 11.3 Å². The van der Waals surface area contributed by atoms with Crippen molar-refractivity contribution < 1.29 is 14.3 Å². The lowest BCUT2D eigenvalue weighted by Gasteiger charge is -2.17. The summed E-state index contributed by atoms with van der Waals surface area (Å²) in [6, 6.07) is 13.4. The topological polar surface area (TPSA) is 104 Å². The molecule has 0 aliphatic heterocycles. The molecular formula is C25H23ClN4O5. The standard InChI is InChI=1S/C25H23ClN4O5/c1-14-11-15(2)27-23-22(14)24(32)29(25(33)30(23)18-7-5-6-8-20(18)35-4)13-21(31)28-17-12-16(26)9-10-19(17)34-3/h5-12H,13H2,1-4H3,(H,28,31). The zero-order chi connectivity index (χ0) is 25.3. The summed E-state index contributed by atoms with van der Waals surface area (Å²) in [4.78, 5) is 44.5. The quantitative estimate of drug-likeness (QED) is 0.440. The Hall–Kier alpha value is -4.11. The van der Waals surface area contributed by atoms with Crippen molar-refractivity contribution in [2.45, 2.75) is 20.4 Å². The van der Waals surface area contributed by atoms with Gasteiger partial charge in [0.05, 0.1) is 31.0 Å². The van der Waals surface area contributed by atoms with E-state index in [4.69, 9.17) is 21.1 Å². The number of aromatic nitrogens is 3. The number of halogens is 1. The molecule has 2 aromatic heterocycles. The zero-order valence-electron chi connectivity index (χ0n) is 19.6. The highest BCUT2D eigenvalue weighted by atomic mass is 35.5. The molecule has 0 atom stereocenters. The van der Waals surface area contributed by atoms with Gasteiger partial charge in [-0.3, -0.25) is 9.59 Å². The SMILES string of the molecule is COc1ccc(Cl)cc1NC(=O)Cn1c(=O)c2c(C)cc(C)nc2n(-c2ccccc2OC)c1=O. The Bertz CT molecular complexity index is 1580. The molecule has 4 aromatic rings. The number of carbonyl (C=O) groups excluding carboxylic acids is 1. The van der Waals surface area contributed by atoms with Gasteiger partial charge in [-0.2, -0.15) is 0 Å². The minimum Gasteiger partial charge on any atom is -0.495 e. The molecule has 0 radical (unpaired) electrons. The number of ether oxygens (including phenoxy) is 2. The summed E-state index contributed by atoms with van der Waals surface area (Å²) in [5.41, 5.74) is 0.834. The third-order valence-electron chi connectivity index (χ3n) is 5.48. The van der Waals surface area contributed by atoms with Gasteiger partial charge in [0.2, 0.25) is 5.91 Å². The first-order valence-electron chi connectivity index (χ1n) is 10.7. The lowest BCUT2D eigenvalue weighted by molar-refractivity contribution is -0.116. The molecule has 0 fully saturated rings. The van der Waals surface area contributed by atoms with Crippen LogP contribution >= 0.6 is 11.6 Å². The van der Waals surface area contributed by atoms with Gasteiger partial charge in [0.15, 0.2) is 5.65 Å². The summed E-state index contributed by atoms with van der Waals surface area (Å²) in [5.74, 6) is 0.194. The normalized spacial score (nSPS) is 10.9. The van der Waals surface area contributed by atoms with Crippen molar-refractivity contribution in [3.63, 3.8) is 0 Å². The number of benzene rings is 2. The Morgan fingerprint density at radius 1 is 1.03 bits per heavy atom. The third kappa shape index (κ3) is 4.50. The van der Waals surface area contributed by atoms with E-state index in [1.54, 1.807) is 56.3 Å². The van der Waals surface area contributed by atoms with Crippen LogP contribution in [-0.4, -0.2) is 34.2 Å². The van der Waals surface area contributed by atoms with Crippen LogP contribution in [0.15, 0.2) is 58.1 Å². The highest BCUT2D eigenvalue weighted by Crippen LogP contribution is 2.28. The number of rotatable bonds is 6. The Morgan fingerprint density at radius 3 is 2.46 bits per heavy atom. The van der Waals surface area contributed by atoms with Crippen molar-refractivity contribution in [2.24, 2.45) is 0 Å². The lowest BCUT2D eigenvalue weighted by atomic mass is 10.1. The molecule has 2 heterocycles. The fourth-order valence-corrected chi connectivity index (χ4v) is 4.13. The number of nitrogens with one attached hydrogen (secondary N) is 1. The Kier molecular flexibility index (Phi) is 6.61. The number of methoxy groups -OCH3 is 2. The fourth-order valence-electron chi connectivity index (χ4n) is 3.96. The van der Waals surface area contributed by atoms with Crippen LogP contribution in [0.5, 0.6) is 11.5 Å². The molecule has 2 aromatic carbocycles. The molecule has 0 saturated carbocycles. The molecule has 35 heavy (non-hydrogen) atoms. The number of carbonyl (C=O) groups is 1. The second-order valence-electron chi connectivity index (χ2n) is 7.85. The minimum absolute atomic E-state index is 0.190. The maximum Gasteiger partial charge on any atom is 0.337 e. The molecule has 4 rings (SSSR count). The van der Waals surface area contributed by atoms with Crippen molar-refractivity contribution in [1.82, 2.24) is 14.1 Å². The second-order valence-corrected chi connectivity index (χ2v) is 8.29. The summed E-state index contributed by atoms with van der Waals surface area (Å²) < 4.78 is 12.9. The van der Waals surface area contributed by atoms with Crippen LogP contribution in [0.4, 0.5) is 5.69 Å². The number of hydrogen-bond donors (Lipinski definition) is 1. The summed E-state index contributed by atoms with van der Waals surface area (Å²) in [6.07, 6.45) is 0. The van der Waals surface area contributed by atoms with E-state index in [0.29, 0.717) is 39.2 Å². The third-order valence-corrected chi connectivity index (χ3v) is 5.72.